The van der Waals surface area contributed by atoms with Gasteiger partial charge in [0.05, 0.1) is 12.6 Å². The first-order chi connectivity index (χ1) is 12.2. The molecule has 6 nitrogen and oxygen atoms in total. The minimum atomic E-state index is -0.846. The maximum Gasteiger partial charge on any atom is 0.239 e. The Morgan fingerprint density at radius 3 is 2.72 bits per heavy atom. The van der Waals surface area contributed by atoms with Gasteiger partial charge >= 0.3 is 0 Å². The van der Waals surface area contributed by atoms with Crippen molar-refractivity contribution in [3.05, 3.63) is 24.4 Å². The second-order valence-corrected chi connectivity index (χ2v) is 7.23. The standard InChI is InChI=1S/C18H26FN5O/c19-14-4-6-24(13-14)18(25)16-11-15(12-21-16)22-7-9-23(10-8-22)17-3-1-2-5-20-17/h1-3,5,14-16,21H,4,6-13H2/t14?,15-,16-/m0/s1. The largest absolute Gasteiger partial charge is 0.354 e. The van der Waals surface area contributed by atoms with Crippen LogP contribution in [0.4, 0.5) is 10.2 Å². The lowest BCUT2D eigenvalue weighted by molar-refractivity contribution is -0.132. The van der Waals surface area contributed by atoms with Crippen molar-refractivity contribution in [2.24, 2.45) is 0 Å². The summed E-state index contributed by atoms with van der Waals surface area (Å²) in [5.74, 6) is 1.12. The summed E-state index contributed by atoms with van der Waals surface area (Å²) >= 11 is 0. The first-order valence-electron chi connectivity index (χ1n) is 9.27. The van der Waals surface area contributed by atoms with Gasteiger partial charge in [-0.25, -0.2) is 9.37 Å². The summed E-state index contributed by atoms with van der Waals surface area (Å²) in [6, 6.07) is 6.25. The van der Waals surface area contributed by atoms with E-state index in [0.717, 1.165) is 45.0 Å². The minimum Gasteiger partial charge on any atom is -0.354 e. The van der Waals surface area contributed by atoms with Gasteiger partial charge in [-0.2, -0.15) is 0 Å². The van der Waals surface area contributed by atoms with E-state index in [2.05, 4.69) is 26.2 Å². The van der Waals surface area contributed by atoms with Crippen molar-refractivity contribution in [2.75, 3.05) is 50.7 Å². The van der Waals surface area contributed by atoms with Crippen LogP contribution in [0.5, 0.6) is 0 Å². The number of alkyl halides is 1. The SMILES string of the molecule is O=C([C@@H]1C[C@H](N2CCN(c3ccccn3)CC2)CN1)N1CCC(F)C1. The summed E-state index contributed by atoms with van der Waals surface area (Å²) in [5.41, 5.74) is 0. The number of carbonyl (C=O) groups is 1. The Kier molecular flexibility index (Phi) is 4.85. The number of likely N-dealkylation sites (tertiary alicyclic amines) is 1. The van der Waals surface area contributed by atoms with Crippen LogP contribution in [0.15, 0.2) is 24.4 Å². The lowest BCUT2D eigenvalue weighted by atomic mass is 10.1. The average molecular weight is 347 g/mol. The predicted octanol–water partition coefficient (Wildman–Crippen LogP) is 0.505. The van der Waals surface area contributed by atoms with Crippen LogP contribution >= 0.6 is 0 Å². The Balaban J connectivity index is 1.28. The number of halogens is 1. The van der Waals surface area contributed by atoms with Gasteiger partial charge in [0.15, 0.2) is 0 Å². The maximum absolute atomic E-state index is 13.3. The Morgan fingerprint density at radius 2 is 2.04 bits per heavy atom. The highest BCUT2D eigenvalue weighted by Gasteiger charge is 2.37. The van der Waals surface area contributed by atoms with E-state index >= 15 is 0 Å². The van der Waals surface area contributed by atoms with E-state index < -0.39 is 6.17 Å². The lowest BCUT2D eigenvalue weighted by Crippen LogP contribution is -2.51. The summed E-state index contributed by atoms with van der Waals surface area (Å²) in [7, 11) is 0. The van der Waals surface area contributed by atoms with Gasteiger partial charge in [0.25, 0.3) is 0 Å². The number of anilines is 1. The Labute approximate surface area is 148 Å². The van der Waals surface area contributed by atoms with Gasteiger partial charge in [0.2, 0.25) is 5.91 Å². The normalized spacial score (nSPS) is 30.8. The molecule has 0 spiro atoms. The molecule has 0 bridgehead atoms. The van der Waals surface area contributed by atoms with Crippen LogP contribution in [-0.4, -0.2) is 84.8 Å². The molecule has 136 valence electrons. The molecule has 1 amide bonds. The van der Waals surface area contributed by atoms with Gasteiger partial charge < -0.3 is 15.1 Å². The molecule has 1 N–H and O–H groups in total. The highest BCUT2D eigenvalue weighted by Crippen LogP contribution is 2.21. The van der Waals surface area contributed by atoms with E-state index in [9.17, 15) is 9.18 Å². The molecule has 25 heavy (non-hydrogen) atoms. The monoisotopic (exact) mass is 347 g/mol. The molecule has 1 aromatic rings. The topological polar surface area (TPSA) is 51.7 Å². The molecular weight excluding hydrogens is 321 g/mol. The second kappa shape index (κ2) is 7.25. The minimum absolute atomic E-state index is 0.0785. The quantitative estimate of drug-likeness (QED) is 0.863. The second-order valence-electron chi connectivity index (χ2n) is 7.23. The smallest absolute Gasteiger partial charge is 0.239 e. The number of pyridine rings is 1. The number of rotatable bonds is 3. The first kappa shape index (κ1) is 16.7. The van der Waals surface area contributed by atoms with Gasteiger partial charge in [-0.05, 0) is 25.0 Å². The Hall–Kier alpha value is -1.73. The third-order valence-electron chi connectivity index (χ3n) is 5.65. The third kappa shape index (κ3) is 3.62. The summed E-state index contributed by atoms with van der Waals surface area (Å²) in [5, 5.41) is 3.36. The van der Waals surface area contributed by atoms with Crippen LogP contribution in [-0.2, 0) is 4.79 Å². The fourth-order valence-corrected chi connectivity index (χ4v) is 4.18. The van der Waals surface area contributed by atoms with Crippen molar-refractivity contribution in [3.63, 3.8) is 0 Å². The van der Waals surface area contributed by atoms with E-state index in [1.165, 1.54) is 0 Å². The molecule has 0 aromatic carbocycles. The van der Waals surface area contributed by atoms with Crippen molar-refractivity contribution in [1.29, 1.82) is 0 Å². The van der Waals surface area contributed by atoms with Crippen LogP contribution in [0.2, 0.25) is 0 Å². The number of piperazine rings is 1. The molecule has 3 atom stereocenters. The predicted molar refractivity (Wildman–Crippen MR) is 94.3 cm³/mol. The van der Waals surface area contributed by atoms with Crippen LogP contribution in [0, 0.1) is 0 Å². The fourth-order valence-electron chi connectivity index (χ4n) is 4.18. The fraction of sp³-hybridized carbons (Fsp3) is 0.667. The molecule has 3 aliphatic heterocycles. The summed E-state index contributed by atoms with van der Waals surface area (Å²) < 4.78 is 13.3. The van der Waals surface area contributed by atoms with Crippen LogP contribution in [0.3, 0.4) is 0 Å². The number of hydrogen-bond donors (Lipinski definition) is 1. The van der Waals surface area contributed by atoms with Crippen molar-refractivity contribution in [3.8, 4) is 0 Å². The number of nitrogens with zero attached hydrogens (tertiary/aromatic N) is 4. The molecule has 0 radical (unpaired) electrons. The van der Waals surface area contributed by atoms with E-state index in [-0.39, 0.29) is 18.5 Å². The average Bonchev–Trinajstić information content (AvgIpc) is 3.31. The maximum atomic E-state index is 13.3. The zero-order valence-electron chi connectivity index (χ0n) is 14.5. The van der Waals surface area contributed by atoms with E-state index in [4.69, 9.17) is 0 Å². The van der Waals surface area contributed by atoms with E-state index in [1.54, 1.807) is 4.90 Å². The van der Waals surface area contributed by atoms with Gasteiger partial charge in [-0.1, -0.05) is 6.07 Å². The van der Waals surface area contributed by atoms with Crippen LogP contribution in [0.25, 0.3) is 0 Å². The summed E-state index contributed by atoms with van der Waals surface area (Å²) in [6.45, 7) is 5.56. The zero-order chi connectivity index (χ0) is 17.2. The highest BCUT2D eigenvalue weighted by molar-refractivity contribution is 5.82. The van der Waals surface area contributed by atoms with Crippen LogP contribution in [0.1, 0.15) is 12.8 Å². The molecule has 3 saturated heterocycles. The molecule has 7 heteroatoms. The third-order valence-corrected chi connectivity index (χ3v) is 5.65. The van der Waals surface area contributed by atoms with Crippen molar-refractivity contribution in [1.82, 2.24) is 20.1 Å². The Morgan fingerprint density at radius 1 is 1.20 bits per heavy atom. The van der Waals surface area contributed by atoms with E-state index in [0.29, 0.717) is 19.0 Å². The molecule has 0 saturated carbocycles. The molecular formula is C18H26FN5O. The zero-order valence-corrected chi connectivity index (χ0v) is 14.5. The van der Waals surface area contributed by atoms with Crippen LogP contribution < -0.4 is 10.2 Å². The number of hydrogen-bond acceptors (Lipinski definition) is 5. The van der Waals surface area contributed by atoms with Crippen molar-refractivity contribution >= 4 is 11.7 Å². The number of aromatic nitrogens is 1. The molecule has 4 rings (SSSR count). The molecule has 4 heterocycles. The van der Waals surface area contributed by atoms with Crippen molar-refractivity contribution < 1.29 is 9.18 Å². The number of carbonyl (C=O) groups excluding carboxylic acids is 1. The lowest BCUT2D eigenvalue weighted by Gasteiger charge is -2.38. The number of nitrogens with one attached hydrogen (secondary N) is 1. The van der Waals surface area contributed by atoms with Gasteiger partial charge in [0.1, 0.15) is 12.0 Å². The van der Waals surface area contributed by atoms with Gasteiger partial charge in [0, 0.05) is 51.5 Å². The first-order valence-corrected chi connectivity index (χ1v) is 9.27. The molecule has 1 aromatic heterocycles. The Bertz CT molecular complexity index is 592. The van der Waals surface area contributed by atoms with Crippen molar-refractivity contribution in [2.45, 2.75) is 31.1 Å². The summed E-state index contributed by atoms with van der Waals surface area (Å²) in [6.07, 6.45) is 2.30. The summed E-state index contributed by atoms with van der Waals surface area (Å²) in [4.78, 5) is 23.4. The molecule has 0 aliphatic carbocycles. The highest BCUT2D eigenvalue weighted by atomic mass is 19.1. The van der Waals surface area contributed by atoms with E-state index in [1.807, 2.05) is 18.3 Å². The number of amides is 1. The van der Waals surface area contributed by atoms with Gasteiger partial charge in [-0.15, -0.1) is 0 Å². The molecule has 1 unspecified atom stereocenters. The van der Waals surface area contributed by atoms with Gasteiger partial charge in [-0.3, -0.25) is 9.69 Å². The molecule has 3 fully saturated rings. The molecule has 3 aliphatic rings.